The van der Waals surface area contributed by atoms with Crippen LogP contribution in [0.3, 0.4) is 0 Å². The van der Waals surface area contributed by atoms with Gasteiger partial charge in [0.15, 0.2) is 8.32 Å². The van der Waals surface area contributed by atoms with Gasteiger partial charge in [-0.25, -0.2) is 0 Å². The molecule has 0 radical (unpaired) electrons. The second kappa shape index (κ2) is 12.1. The van der Waals surface area contributed by atoms with E-state index in [2.05, 4.69) is 68.0 Å². The minimum atomic E-state index is -1.66. The first-order valence-corrected chi connectivity index (χ1v) is 12.2. The minimum Gasteiger partial charge on any atom is -0.416 e. The van der Waals surface area contributed by atoms with E-state index in [1.165, 1.54) is 43.3 Å². The van der Waals surface area contributed by atoms with E-state index in [1.54, 1.807) is 0 Å². The summed E-state index contributed by atoms with van der Waals surface area (Å²) in [6, 6.07) is 0. The summed E-state index contributed by atoms with van der Waals surface area (Å²) in [5.74, 6) is 0. The van der Waals surface area contributed by atoms with Gasteiger partial charge in [0.05, 0.1) is 0 Å². The lowest BCUT2D eigenvalue weighted by molar-refractivity contribution is 0.269. The Morgan fingerprint density at radius 3 is 1.88 bits per heavy atom. The van der Waals surface area contributed by atoms with Crippen LogP contribution in [0.2, 0.25) is 16.6 Å². The van der Waals surface area contributed by atoms with Crippen molar-refractivity contribution in [3.8, 4) is 0 Å². The highest BCUT2D eigenvalue weighted by molar-refractivity contribution is 6.77. The Hall–Kier alpha value is -0.343. The van der Waals surface area contributed by atoms with Crippen LogP contribution in [0.25, 0.3) is 0 Å². The van der Waals surface area contributed by atoms with E-state index < -0.39 is 8.32 Å². The smallest absolute Gasteiger partial charge is 0.200 e. The highest BCUT2D eigenvalue weighted by Gasteiger charge is 2.44. The highest BCUT2D eigenvalue weighted by Crippen LogP contribution is 2.42. The molecule has 0 atom stereocenters. The van der Waals surface area contributed by atoms with Crippen LogP contribution in [-0.4, -0.2) is 14.9 Å². The third kappa shape index (κ3) is 8.16. The Balaban J connectivity index is 4.16. The van der Waals surface area contributed by atoms with Crippen LogP contribution >= 0.6 is 0 Å². The summed E-state index contributed by atoms with van der Waals surface area (Å²) in [6.45, 7) is 23.5. The molecule has 24 heavy (non-hydrogen) atoms. The highest BCUT2D eigenvalue weighted by atomic mass is 28.4. The average molecular weight is 353 g/mol. The number of hydrogen-bond acceptors (Lipinski definition) is 1. The molecular formula is C22H44OSi. The van der Waals surface area contributed by atoms with Gasteiger partial charge in [0, 0.05) is 6.61 Å². The summed E-state index contributed by atoms with van der Waals surface area (Å²) in [7, 11) is -1.66. The first kappa shape index (κ1) is 23.7. The summed E-state index contributed by atoms with van der Waals surface area (Å²) < 4.78 is 6.62. The average Bonchev–Trinajstić information content (AvgIpc) is 2.44. The maximum absolute atomic E-state index is 6.62. The van der Waals surface area contributed by atoms with Crippen molar-refractivity contribution in [2.24, 2.45) is 0 Å². The van der Waals surface area contributed by atoms with Gasteiger partial charge in [-0.2, -0.15) is 0 Å². The van der Waals surface area contributed by atoms with Crippen LogP contribution in [0, 0.1) is 0 Å². The van der Waals surface area contributed by atoms with Crippen molar-refractivity contribution in [2.45, 2.75) is 111 Å². The van der Waals surface area contributed by atoms with Gasteiger partial charge in [0.25, 0.3) is 0 Å². The van der Waals surface area contributed by atoms with E-state index in [1.807, 2.05) is 0 Å². The predicted octanol–water partition coefficient (Wildman–Crippen LogP) is 8.04. The second-order valence-electron chi connectivity index (χ2n) is 8.52. The molecule has 0 amide bonds. The molecule has 1 nitrogen and oxygen atoms in total. The number of allylic oxidation sites excluding steroid dienone is 3. The normalized spacial score (nSPS) is 13.4. The van der Waals surface area contributed by atoms with Crippen LogP contribution < -0.4 is 0 Å². The molecule has 0 aliphatic rings. The Bertz CT molecular complexity index is 358. The number of hydrogen-bond donors (Lipinski definition) is 0. The fourth-order valence-corrected chi connectivity index (χ4v) is 9.61. The lowest BCUT2D eigenvalue weighted by Gasteiger charge is -2.42. The molecule has 0 spiro atoms. The Morgan fingerprint density at radius 1 is 0.875 bits per heavy atom. The Kier molecular flexibility index (Phi) is 11.9. The van der Waals surface area contributed by atoms with E-state index in [-0.39, 0.29) is 0 Å². The molecule has 0 aliphatic heterocycles. The fourth-order valence-electron chi connectivity index (χ4n) is 4.11. The summed E-state index contributed by atoms with van der Waals surface area (Å²) in [4.78, 5) is 0. The molecule has 0 saturated carbocycles. The third-order valence-corrected chi connectivity index (χ3v) is 11.4. The van der Waals surface area contributed by atoms with Crippen LogP contribution in [0.4, 0.5) is 0 Å². The zero-order valence-corrected chi connectivity index (χ0v) is 18.9. The van der Waals surface area contributed by atoms with Crippen molar-refractivity contribution in [3.05, 3.63) is 23.8 Å². The van der Waals surface area contributed by atoms with Crippen molar-refractivity contribution in [1.29, 1.82) is 0 Å². The molecule has 0 fully saturated rings. The lowest BCUT2D eigenvalue weighted by Crippen LogP contribution is -2.47. The van der Waals surface area contributed by atoms with Gasteiger partial charge >= 0.3 is 0 Å². The molecule has 2 heteroatoms. The monoisotopic (exact) mass is 352 g/mol. The van der Waals surface area contributed by atoms with Crippen molar-refractivity contribution >= 4 is 8.32 Å². The summed E-state index contributed by atoms with van der Waals surface area (Å²) in [5.41, 5.74) is 4.90. The lowest BCUT2D eigenvalue weighted by atomic mass is 10.1. The molecule has 0 heterocycles. The van der Waals surface area contributed by atoms with Gasteiger partial charge in [0.1, 0.15) is 0 Å². The summed E-state index contributed by atoms with van der Waals surface area (Å²) >= 11 is 0. The molecular weight excluding hydrogens is 308 g/mol. The van der Waals surface area contributed by atoms with Gasteiger partial charge in [0.2, 0.25) is 0 Å². The Morgan fingerprint density at radius 2 is 1.42 bits per heavy atom. The molecule has 0 saturated heterocycles. The topological polar surface area (TPSA) is 9.23 Å². The first-order chi connectivity index (χ1) is 11.1. The van der Waals surface area contributed by atoms with Crippen molar-refractivity contribution in [3.63, 3.8) is 0 Å². The molecule has 0 rings (SSSR count). The number of rotatable bonds is 13. The van der Waals surface area contributed by atoms with Gasteiger partial charge in [-0.15, -0.1) is 6.58 Å². The largest absolute Gasteiger partial charge is 0.416 e. The van der Waals surface area contributed by atoms with Gasteiger partial charge in [-0.3, -0.25) is 0 Å². The van der Waals surface area contributed by atoms with Crippen molar-refractivity contribution < 1.29 is 4.43 Å². The van der Waals surface area contributed by atoms with Gasteiger partial charge < -0.3 is 4.43 Å². The predicted molar refractivity (Wildman–Crippen MR) is 113 cm³/mol. The van der Waals surface area contributed by atoms with E-state index >= 15 is 0 Å². The van der Waals surface area contributed by atoms with E-state index in [9.17, 15) is 0 Å². The van der Waals surface area contributed by atoms with Crippen molar-refractivity contribution in [1.82, 2.24) is 0 Å². The minimum absolute atomic E-state index is 0.688. The van der Waals surface area contributed by atoms with Crippen LogP contribution in [0.5, 0.6) is 0 Å². The maximum atomic E-state index is 6.62. The molecule has 0 bridgehead atoms. The van der Waals surface area contributed by atoms with E-state index in [4.69, 9.17) is 4.43 Å². The summed E-state index contributed by atoms with van der Waals surface area (Å²) in [5, 5.41) is 0. The Labute approximate surface area is 154 Å². The molecule has 0 aromatic heterocycles. The summed E-state index contributed by atoms with van der Waals surface area (Å²) in [6.07, 6.45) is 9.68. The van der Waals surface area contributed by atoms with Crippen LogP contribution in [-0.2, 0) is 4.43 Å². The zero-order chi connectivity index (χ0) is 18.8. The van der Waals surface area contributed by atoms with Crippen LogP contribution in [0.15, 0.2) is 23.8 Å². The fraction of sp³-hybridized carbons (Fsp3) is 0.818. The van der Waals surface area contributed by atoms with Gasteiger partial charge in [-0.05, 0) is 69.0 Å². The standard InChI is InChI=1S/C22H44OSi/c1-18(2)14-13-16-22(9)15-11-10-12-17-23-24(19(3)4,20(5)6)21(7)8/h15,19-21H,1,10-14,16-17H2,2-9H3/b22-15+. The van der Waals surface area contributed by atoms with E-state index in [0.717, 1.165) is 13.0 Å². The molecule has 0 N–H and O–H groups in total. The van der Waals surface area contributed by atoms with Crippen molar-refractivity contribution in [2.75, 3.05) is 6.61 Å². The SMILES string of the molecule is C=C(C)CCC/C(C)=C/CCCCO[Si](C(C)C)(C(C)C)C(C)C. The number of unbranched alkanes of at least 4 members (excludes halogenated alkanes) is 2. The quantitative estimate of drug-likeness (QED) is 0.185. The molecule has 0 aromatic rings. The third-order valence-electron chi connectivity index (χ3n) is 5.33. The van der Waals surface area contributed by atoms with Gasteiger partial charge in [-0.1, -0.05) is 58.8 Å². The molecule has 142 valence electrons. The second-order valence-corrected chi connectivity index (χ2v) is 14.0. The molecule has 0 aliphatic carbocycles. The van der Waals surface area contributed by atoms with Crippen LogP contribution in [0.1, 0.15) is 93.9 Å². The zero-order valence-electron chi connectivity index (χ0n) is 17.9. The molecule has 0 unspecified atom stereocenters. The first-order valence-electron chi connectivity index (χ1n) is 10.1. The van der Waals surface area contributed by atoms with E-state index in [0.29, 0.717) is 16.6 Å². The maximum Gasteiger partial charge on any atom is 0.200 e. The molecule has 0 aromatic carbocycles.